The normalized spacial score (nSPS) is 19.4. The Hall–Kier alpha value is -2.10. The number of nitrogens with zero attached hydrogens (tertiary/aromatic N) is 3. The fraction of sp³-hybridized carbons (Fsp3) is 0.529. The molecule has 1 amide bonds. The Balaban J connectivity index is 2.10. The van der Waals surface area contributed by atoms with Crippen LogP contribution in [0.15, 0.2) is 35.2 Å². The van der Waals surface area contributed by atoms with Gasteiger partial charge in [0.05, 0.1) is 31.3 Å². The average molecular weight is 397 g/mol. The van der Waals surface area contributed by atoms with Crippen molar-refractivity contribution in [2.75, 3.05) is 20.3 Å². The van der Waals surface area contributed by atoms with Crippen LogP contribution in [0.2, 0.25) is 0 Å². The summed E-state index contributed by atoms with van der Waals surface area (Å²) in [5.74, 6) is -1.36. The SMILES string of the molecule is COOCCCC1COC(C)(C)N1C(=O)C(=[N+]=[N-])OS(=O)c1ccccc1. The van der Waals surface area contributed by atoms with Gasteiger partial charge in [-0.15, -0.1) is 4.79 Å². The molecule has 0 aliphatic carbocycles. The summed E-state index contributed by atoms with van der Waals surface area (Å²) in [4.78, 5) is 27.0. The van der Waals surface area contributed by atoms with E-state index in [4.69, 9.17) is 13.8 Å². The number of carbonyl (C=O) groups is 1. The fourth-order valence-corrected chi connectivity index (χ4v) is 3.54. The molecule has 0 saturated carbocycles. The first-order valence-corrected chi connectivity index (χ1v) is 9.48. The number of rotatable bonds is 7. The van der Waals surface area contributed by atoms with E-state index in [2.05, 4.69) is 9.68 Å². The van der Waals surface area contributed by atoms with Crippen molar-refractivity contribution in [1.82, 2.24) is 4.90 Å². The zero-order valence-corrected chi connectivity index (χ0v) is 16.3. The highest BCUT2D eigenvalue weighted by Gasteiger charge is 2.48. The second-order valence-corrected chi connectivity index (χ2v) is 7.36. The van der Waals surface area contributed by atoms with E-state index in [0.29, 0.717) is 31.0 Å². The predicted molar refractivity (Wildman–Crippen MR) is 95.4 cm³/mol. The van der Waals surface area contributed by atoms with Gasteiger partial charge in [-0.25, -0.2) is 14.0 Å². The van der Waals surface area contributed by atoms with Gasteiger partial charge >= 0.3 is 11.8 Å². The number of benzene rings is 1. The van der Waals surface area contributed by atoms with Gasteiger partial charge in [-0.05, 0) is 38.8 Å². The third-order valence-electron chi connectivity index (χ3n) is 4.04. The number of ether oxygens (including phenoxy) is 1. The Morgan fingerprint density at radius 3 is 2.74 bits per heavy atom. The molecule has 1 aliphatic heterocycles. The van der Waals surface area contributed by atoms with E-state index in [9.17, 15) is 14.5 Å². The summed E-state index contributed by atoms with van der Waals surface area (Å²) >= 11 is -1.99. The summed E-state index contributed by atoms with van der Waals surface area (Å²) in [5, 5.41) is 0. The van der Waals surface area contributed by atoms with Crippen LogP contribution >= 0.6 is 0 Å². The first kappa shape index (κ1) is 21.2. The van der Waals surface area contributed by atoms with Crippen LogP contribution in [0.5, 0.6) is 0 Å². The molecular formula is C17H23N3O6S. The Morgan fingerprint density at radius 2 is 2.11 bits per heavy atom. The fourth-order valence-electron chi connectivity index (χ4n) is 2.82. The molecule has 2 rings (SSSR count). The molecule has 148 valence electrons. The monoisotopic (exact) mass is 397 g/mol. The number of hydrogen-bond donors (Lipinski definition) is 0. The van der Waals surface area contributed by atoms with Crippen molar-refractivity contribution in [3.8, 4) is 0 Å². The quantitative estimate of drug-likeness (QED) is 0.132. The van der Waals surface area contributed by atoms with Crippen LogP contribution in [-0.2, 0) is 34.6 Å². The topological polar surface area (TPSA) is 111 Å². The zero-order chi connectivity index (χ0) is 19.9. The molecule has 1 saturated heterocycles. The second-order valence-electron chi connectivity index (χ2n) is 6.25. The van der Waals surface area contributed by atoms with Gasteiger partial charge in [0.25, 0.3) is 0 Å². The molecule has 1 aliphatic rings. The molecule has 0 N–H and O–H groups in total. The summed E-state index contributed by atoms with van der Waals surface area (Å²) in [6, 6.07) is 8.01. The highest BCUT2D eigenvalue weighted by molar-refractivity contribution is 7.80. The van der Waals surface area contributed by atoms with E-state index < -0.39 is 28.6 Å². The van der Waals surface area contributed by atoms with Gasteiger partial charge in [0.2, 0.25) is 11.1 Å². The van der Waals surface area contributed by atoms with Crippen molar-refractivity contribution in [2.24, 2.45) is 0 Å². The van der Waals surface area contributed by atoms with Crippen LogP contribution in [0.3, 0.4) is 0 Å². The molecule has 0 aromatic heterocycles. The highest BCUT2D eigenvalue weighted by atomic mass is 32.2. The van der Waals surface area contributed by atoms with Gasteiger partial charge in [-0.2, -0.15) is 0 Å². The molecule has 0 spiro atoms. The molecular weight excluding hydrogens is 374 g/mol. The Labute approximate surface area is 160 Å². The van der Waals surface area contributed by atoms with Crippen LogP contribution < -0.4 is 0 Å². The maximum Gasteiger partial charge on any atom is 0.555 e. The lowest BCUT2D eigenvalue weighted by molar-refractivity contribution is -0.273. The van der Waals surface area contributed by atoms with E-state index in [-0.39, 0.29) is 6.04 Å². The first-order valence-electron chi connectivity index (χ1n) is 8.41. The largest absolute Gasteiger partial charge is 0.555 e. The minimum absolute atomic E-state index is 0.279. The van der Waals surface area contributed by atoms with Crippen LogP contribution in [0.4, 0.5) is 0 Å². The molecule has 0 bridgehead atoms. The number of hydrogen-bond acceptors (Lipinski definition) is 6. The average Bonchev–Trinajstić information content (AvgIpc) is 2.97. The summed E-state index contributed by atoms with van der Waals surface area (Å²) in [6.45, 7) is 4.12. The highest BCUT2D eigenvalue weighted by Crippen LogP contribution is 2.30. The van der Waals surface area contributed by atoms with Crippen molar-refractivity contribution >= 4 is 22.9 Å². The third kappa shape index (κ3) is 5.44. The molecule has 1 heterocycles. The van der Waals surface area contributed by atoms with Crippen molar-refractivity contribution in [3.05, 3.63) is 35.9 Å². The Morgan fingerprint density at radius 1 is 1.41 bits per heavy atom. The lowest BCUT2D eigenvalue weighted by atomic mass is 10.1. The van der Waals surface area contributed by atoms with E-state index in [1.807, 2.05) is 0 Å². The van der Waals surface area contributed by atoms with Crippen LogP contribution in [0, 0.1) is 0 Å². The molecule has 27 heavy (non-hydrogen) atoms. The number of carbonyl (C=O) groups excluding carboxylic acids is 1. The Kier molecular flexibility index (Phi) is 7.64. The van der Waals surface area contributed by atoms with Gasteiger partial charge in [-0.3, -0.25) is 9.69 Å². The van der Waals surface area contributed by atoms with Gasteiger partial charge < -0.3 is 14.5 Å². The minimum Gasteiger partial charge on any atom is -0.357 e. The van der Waals surface area contributed by atoms with E-state index in [1.165, 1.54) is 12.0 Å². The smallest absolute Gasteiger partial charge is 0.357 e. The van der Waals surface area contributed by atoms with Crippen molar-refractivity contribution in [1.29, 1.82) is 0 Å². The lowest BCUT2D eigenvalue weighted by Crippen LogP contribution is -2.51. The van der Waals surface area contributed by atoms with E-state index in [1.54, 1.807) is 44.2 Å². The van der Waals surface area contributed by atoms with Crippen LogP contribution in [0.1, 0.15) is 26.7 Å². The Bertz CT molecular complexity index is 721. The third-order valence-corrected chi connectivity index (χ3v) is 5.01. The summed E-state index contributed by atoms with van der Waals surface area (Å²) in [5.41, 5.74) is 8.33. The van der Waals surface area contributed by atoms with Crippen molar-refractivity contribution < 1.29 is 32.5 Å². The zero-order valence-electron chi connectivity index (χ0n) is 15.5. The molecule has 1 fully saturated rings. The lowest BCUT2D eigenvalue weighted by Gasteiger charge is -2.31. The molecule has 0 radical (unpaired) electrons. The molecule has 1 aromatic rings. The van der Waals surface area contributed by atoms with Gasteiger partial charge in [0, 0.05) is 0 Å². The number of amides is 1. The van der Waals surface area contributed by atoms with Gasteiger partial charge in [0.15, 0.2) is 0 Å². The standard InChI is InChI=1S/C17H23N3O6S/c1-17(2)20(13(12-24-17)8-7-11-25-23-3)16(21)15(19-18)26-27(22)14-9-5-4-6-10-14/h4-6,9-10,13H,7-8,11-12H2,1-3H3. The predicted octanol–water partition coefficient (Wildman–Crippen LogP) is 1.68. The summed E-state index contributed by atoms with van der Waals surface area (Å²) in [7, 11) is 1.42. The molecule has 1 aromatic carbocycles. The molecule has 2 atom stereocenters. The van der Waals surface area contributed by atoms with Crippen LogP contribution in [-0.4, -0.2) is 57.8 Å². The summed E-state index contributed by atoms with van der Waals surface area (Å²) in [6.07, 6.45) is 1.21. The van der Waals surface area contributed by atoms with E-state index >= 15 is 0 Å². The maximum atomic E-state index is 12.9. The second kappa shape index (κ2) is 9.72. The van der Waals surface area contributed by atoms with Crippen molar-refractivity contribution in [2.45, 2.75) is 43.4 Å². The van der Waals surface area contributed by atoms with E-state index in [0.717, 1.165) is 0 Å². The molecule has 9 nitrogen and oxygen atoms in total. The first-order chi connectivity index (χ1) is 12.9. The van der Waals surface area contributed by atoms with Gasteiger partial charge in [-0.1, -0.05) is 18.2 Å². The maximum absolute atomic E-state index is 12.9. The van der Waals surface area contributed by atoms with Crippen molar-refractivity contribution in [3.63, 3.8) is 0 Å². The molecule has 10 heteroatoms. The summed E-state index contributed by atoms with van der Waals surface area (Å²) < 4.78 is 23.1. The van der Waals surface area contributed by atoms with Gasteiger partial charge in [0.1, 0.15) is 5.72 Å². The molecule has 2 unspecified atom stereocenters. The van der Waals surface area contributed by atoms with Crippen LogP contribution in [0.25, 0.3) is 5.53 Å². The minimum atomic E-state index is -1.99.